The van der Waals surface area contributed by atoms with Crippen molar-refractivity contribution in [1.29, 1.82) is 0 Å². The van der Waals surface area contributed by atoms with Crippen LogP contribution in [0.3, 0.4) is 0 Å². The molecule has 1 atom stereocenters. The molecular weight excluding hydrogens is 530 g/mol. The molecular formula is C33H35N5O4. The summed E-state index contributed by atoms with van der Waals surface area (Å²) in [6.07, 6.45) is 1.01. The molecule has 3 aliphatic rings. The third-order valence-corrected chi connectivity index (χ3v) is 8.46. The number of carbonyl (C=O) groups excluding carboxylic acids is 2. The number of nitrogens with zero attached hydrogens (tertiary/aromatic N) is 4. The number of piperazine rings is 1. The lowest BCUT2D eigenvalue weighted by Crippen LogP contribution is -2.52. The van der Waals surface area contributed by atoms with Gasteiger partial charge in [0.2, 0.25) is 5.91 Å². The smallest absolute Gasteiger partial charge is 0.269 e. The number of anilines is 3. The third-order valence-electron chi connectivity index (χ3n) is 8.46. The summed E-state index contributed by atoms with van der Waals surface area (Å²) in [5.74, 6) is -0.0485. The number of carbonyl (C=O) groups is 2. The number of benzene rings is 3. The molecule has 1 saturated heterocycles. The maximum absolute atomic E-state index is 14.0. The van der Waals surface area contributed by atoms with Gasteiger partial charge in [-0.15, -0.1) is 0 Å². The largest absolute Gasteiger partial charge is 0.368 e. The molecule has 1 unspecified atom stereocenters. The van der Waals surface area contributed by atoms with Gasteiger partial charge in [-0.05, 0) is 41.7 Å². The lowest BCUT2D eigenvalue weighted by molar-refractivity contribution is -0.384. The average molecular weight is 566 g/mol. The number of non-ortho nitro benzene ring substituents is 1. The fraction of sp³-hybridized carbons (Fsp3) is 0.333. The van der Waals surface area contributed by atoms with Gasteiger partial charge in [-0.3, -0.25) is 19.7 Å². The Balaban J connectivity index is 1.38. The van der Waals surface area contributed by atoms with Crippen molar-refractivity contribution in [1.82, 2.24) is 4.90 Å². The summed E-state index contributed by atoms with van der Waals surface area (Å²) in [4.78, 5) is 45.3. The van der Waals surface area contributed by atoms with E-state index in [1.54, 1.807) is 6.07 Å². The van der Waals surface area contributed by atoms with Crippen molar-refractivity contribution in [3.63, 3.8) is 0 Å². The molecule has 1 fully saturated rings. The fourth-order valence-electron chi connectivity index (χ4n) is 6.48. The highest BCUT2D eigenvalue weighted by atomic mass is 16.6. The van der Waals surface area contributed by atoms with Crippen LogP contribution in [0.2, 0.25) is 0 Å². The Hall–Kier alpha value is -4.66. The van der Waals surface area contributed by atoms with Crippen LogP contribution in [0.5, 0.6) is 0 Å². The molecule has 9 nitrogen and oxygen atoms in total. The second-order valence-corrected chi connectivity index (χ2v) is 12.1. The van der Waals surface area contributed by atoms with Crippen LogP contribution >= 0.6 is 0 Å². The SMILES string of the molecule is CC1(C)CC(=O)C2=C(C1)Nc1ccccc1N(CC(=O)N1CCN(c3ccccc3)CC1)C2c1cccc([N+](=O)[O-])c1. The number of fused-ring (bicyclic) bond motifs is 1. The Bertz CT molecular complexity index is 1560. The maximum Gasteiger partial charge on any atom is 0.269 e. The Kier molecular flexibility index (Phi) is 7.18. The Morgan fingerprint density at radius 3 is 2.40 bits per heavy atom. The number of nitro groups is 1. The van der Waals surface area contributed by atoms with E-state index in [1.165, 1.54) is 12.1 Å². The van der Waals surface area contributed by atoms with E-state index in [0.717, 1.165) is 35.8 Å². The summed E-state index contributed by atoms with van der Waals surface area (Å²) < 4.78 is 0. The van der Waals surface area contributed by atoms with E-state index in [9.17, 15) is 19.7 Å². The van der Waals surface area contributed by atoms with Crippen LogP contribution in [0.4, 0.5) is 22.7 Å². The van der Waals surface area contributed by atoms with E-state index >= 15 is 0 Å². The average Bonchev–Trinajstić information content (AvgIpc) is 3.11. The van der Waals surface area contributed by atoms with Crippen molar-refractivity contribution in [2.24, 2.45) is 5.41 Å². The first-order valence-corrected chi connectivity index (χ1v) is 14.4. The summed E-state index contributed by atoms with van der Waals surface area (Å²) in [5.41, 5.74) is 4.45. The molecule has 9 heteroatoms. The molecule has 1 N–H and O–H groups in total. The third kappa shape index (κ3) is 5.34. The number of allylic oxidation sites excluding steroid dienone is 1. The lowest BCUT2D eigenvalue weighted by atomic mass is 9.73. The Morgan fingerprint density at radius 2 is 1.67 bits per heavy atom. The standard InChI is InChI=1S/C33H35N5O4/c1-33(2)20-27-31(29(39)21-33)32(23-9-8-12-25(19-23)38(41)42)37(28-14-7-6-13-26(28)34-27)22-30(40)36-17-15-35(16-18-36)24-10-4-3-5-11-24/h3-14,19,32,34H,15-18,20-22H2,1-2H3. The molecule has 42 heavy (non-hydrogen) atoms. The van der Waals surface area contributed by atoms with Crippen LogP contribution in [0, 0.1) is 15.5 Å². The molecule has 1 amide bonds. The number of hydrogen-bond acceptors (Lipinski definition) is 7. The molecule has 0 spiro atoms. The second kappa shape index (κ2) is 11.0. The van der Waals surface area contributed by atoms with Crippen molar-refractivity contribution in [3.8, 4) is 0 Å². The van der Waals surface area contributed by atoms with Crippen LogP contribution in [0.25, 0.3) is 0 Å². The second-order valence-electron chi connectivity index (χ2n) is 12.1. The summed E-state index contributed by atoms with van der Waals surface area (Å²) >= 11 is 0. The number of nitro benzene ring substituents is 1. The highest BCUT2D eigenvalue weighted by Crippen LogP contribution is 2.48. The first-order valence-electron chi connectivity index (χ1n) is 14.4. The predicted molar refractivity (Wildman–Crippen MR) is 164 cm³/mol. The molecule has 0 saturated carbocycles. The highest BCUT2D eigenvalue weighted by Gasteiger charge is 2.42. The molecule has 0 bridgehead atoms. The van der Waals surface area contributed by atoms with Gasteiger partial charge in [0, 0.05) is 61.7 Å². The van der Waals surface area contributed by atoms with Gasteiger partial charge >= 0.3 is 0 Å². The van der Waals surface area contributed by atoms with E-state index in [2.05, 4.69) is 36.2 Å². The zero-order valence-electron chi connectivity index (χ0n) is 24.0. The van der Waals surface area contributed by atoms with Crippen molar-refractivity contribution < 1.29 is 14.5 Å². The fourth-order valence-corrected chi connectivity index (χ4v) is 6.48. The number of Topliss-reactive ketones (excluding diaryl/α,β-unsaturated/α-hetero) is 1. The molecule has 3 aromatic carbocycles. The van der Waals surface area contributed by atoms with Gasteiger partial charge in [0.05, 0.1) is 28.9 Å². The quantitative estimate of drug-likeness (QED) is 0.319. The molecule has 216 valence electrons. The van der Waals surface area contributed by atoms with Crippen molar-refractivity contribution in [3.05, 3.63) is 106 Å². The maximum atomic E-state index is 14.0. The number of hydrogen-bond donors (Lipinski definition) is 1. The lowest BCUT2D eigenvalue weighted by Gasteiger charge is -2.40. The molecule has 2 heterocycles. The van der Waals surface area contributed by atoms with Gasteiger partial charge in [-0.25, -0.2) is 0 Å². The van der Waals surface area contributed by atoms with Crippen LogP contribution in [-0.2, 0) is 9.59 Å². The molecule has 0 radical (unpaired) electrons. The van der Waals surface area contributed by atoms with E-state index in [0.29, 0.717) is 37.1 Å². The first kappa shape index (κ1) is 27.5. The summed E-state index contributed by atoms with van der Waals surface area (Å²) in [5, 5.41) is 15.3. The number of para-hydroxylation sites is 3. The van der Waals surface area contributed by atoms with Gasteiger partial charge in [-0.2, -0.15) is 0 Å². The van der Waals surface area contributed by atoms with Gasteiger partial charge < -0.3 is 20.0 Å². The van der Waals surface area contributed by atoms with Gasteiger partial charge in [-0.1, -0.05) is 56.3 Å². The molecule has 3 aromatic rings. The van der Waals surface area contributed by atoms with Crippen LogP contribution in [-0.4, -0.2) is 54.2 Å². The minimum Gasteiger partial charge on any atom is -0.368 e. The number of ketones is 1. The van der Waals surface area contributed by atoms with Gasteiger partial charge in [0.1, 0.15) is 0 Å². The Labute approximate surface area is 245 Å². The van der Waals surface area contributed by atoms with Crippen LogP contribution < -0.4 is 15.1 Å². The first-order chi connectivity index (χ1) is 20.2. The minimum atomic E-state index is -0.658. The van der Waals surface area contributed by atoms with Gasteiger partial charge in [0.15, 0.2) is 5.78 Å². The monoisotopic (exact) mass is 565 g/mol. The predicted octanol–water partition coefficient (Wildman–Crippen LogP) is 5.56. The summed E-state index contributed by atoms with van der Waals surface area (Å²) in [7, 11) is 0. The van der Waals surface area contributed by atoms with E-state index < -0.39 is 11.0 Å². The zero-order chi connectivity index (χ0) is 29.4. The molecule has 2 aliphatic heterocycles. The van der Waals surface area contributed by atoms with Crippen molar-refractivity contribution in [2.45, 2.75) is 32.7 Å². The summed E-state index contributed by atoms with van der Waals surface area (Å²) in [6.45, 7) is 6.81. The van der Waals surface area contributed by atoms with Crippen molar-refractivity contribution >= 4 is 34.4 Å². The van der Waals surface area contributed by atoms with E-state index in [4.69, 9.17) is 0 Å². The van der Waals surface area contributed by atoms with Gasteiger partial charge in [0.25, 0.3) is 5.69 Å². The van der Waals surface area contributed by atoms with E-state index in [1.807, 2.05) is 58.3 Å². The molecule has 6 rings (SSSR count). The number of nitrogens with one attached hydrogen (secondary N) is 1. The van der Waals surface area contributed by atoms with Crippen LogP contribution in [0.15, 0.2) is 90.1 Å². The number of amides is 1. The zero-order valence-corrected chi connectivity index (χ0v) is 24.0. The van der Waals surface area contributed by atoms with Crippen molar-refractivity contribution in [2.75, 3.05) is 47.8 Å². The molecule has 0 aromatic heterocycles. The molecule has 1 aliphatic carbocycles. The topological polar surface area (TPSA) is 99.0 Å². The summed E-state index contributed by atoms with van der Waals surface area (Å²) in [6, 6.07) is 23.7. The minimum absolute atomic E-state index is 0.00742. The number of rotatable bonds is 5. The highest BCUT2D eigenvalue weighted by molar-refractivity contribution is 6.02. The Morgan fingerprint density at radius 1 is 0.952 bits per heavy atom. The van der Waals surface area contributed by atoms with E-state index in [-0.39, 0.29) is 29.3 Å². The van der Waals surface area contributed by atoms with Crippen LogP contribution in [0.1, 0.15) is 38.3 Å². The normalized spacial score (nSPS) is 19.9.